The number of nitrogens with one attached hydrogen (secondary N) is 1. The Kier molecular flexibility index (Phi) is 6.24. The SMILES string of the molecule is CCCn1c(C)cc(/C=C(\C#N)C(=O)Nc2cccc(S(C)(=O)=O)c2)c1C. The van der Waals surface area contributed by atoms with Gasteiger partial charge in [-0.3, -0.25) is 4.79 Å². The van der Waals surface area contributed by atoms with Crippen molar-refractivity contribution in [1.82, 2.24) is 4.57 Å². The van der Waals surface area contributed by atoms with Crippen LogP contribution in [0.3, 0.4) is 0 Å². The molecule has 1 amide bonds. The molecule has 1 aromatic carbocycles. The molecule has 1 N–H and O–H groups in total. The summed E-state index contributed by atoms with van der Waals surface area (Å²) in [6, 6.07) is 9.81. The number of aromatic nitrogens is 1. The smallest absolute Gasteiger partial charge is 0.266 e. The molecule has 0 bridgehead atoms. The summed E-state index contributed by atoms with van der Waals surface area (Å²) in [6.07, 6.45) is 3.65. The van der Waals surface area contributed by atoms with E-state index in [1.165, 1.54) is 12.1 Å². The van der Waals surface area contributed by atoms with E-state index in [0.717, 1.165) is 36.2 Å². The number of amides is 1. The standard InChI is InChI=1S/C20H23N3O3S/c1-5-9-23-14(2)10-16(15(23)3)11-17(13-21)20(24)22-18-7-6-8-19(12-18)27(4,25)26/h6-8,10-12H,5,9H2,1-4H3,(H,22,24)/b17-11+. The van der Waals surface area contributed by atoms with Crippen LogP contribution in [0.1, 0.15) is 30.3 Å². The topological polar surface area (TPSA) is 92.0 Å². The maximum atomic E-state index is 12.5. The highest BCUT2D eigenvalue weighted by Crippen LogP contribution is 2.20. The molecular weight excluding hydrogens is 362 g/mol. The summed E-state index contributed by atoms with van der Waals surface area (Å²) in [5.74, 6) is -0.580. The Hall–Kier alpha value is -2.85. The molecule has 2 rings (SSSR count). The second-order valence-corrected chi connectivity index (χ2v) is 8.42. The number of anilines is 1. The van der Waals surface area contributed by atoms with Gasteiger partial charge in [-0.05, 0) is 56.2 Å². The van der Waals surface area contributed by atoms with Crippen LogP contribution in [0.5, 0.6) is 0 Å². The van der Waals surface area contributed by atoms with E-state index in [1.54, 1.807) is 18.2 Å². The van der Waals surface area contributed by atoms with Gasteiger partial charge in [-0.15, -0.1) is 0 Å². The molecule has 0 saturated heterocycles. The fourth-order valence-electron chi connectivity index (χ4n) is 2.85. The van der Waals surface area contributed by atoms with E-state index in [4.69, 9.17) is 0 Å². The van der Waals surface area contributed by atoms with Crippen molar-refractivity contribution in [1.29, 1.82) is 5.26 Å². The lowest BCUT2D eigenvalue weighted by Gasteiger charge is -2.07. The van der Waals surface area contributed by atoms with Crippen molar-refractivity contribution >= 4 is 27.5 Å². The molecule has 0 aliphatic heterocycles. The summed E-state index contributed by atoms with van der Waals surface area (Å²) < 4.78 is 25.4. The molecule has 0 atom stereocenters. The number of hydrogen-bond donors (Lipinski definition) is 1. The van der Waals surface area contributed by atoms with Crippen molar-refractivity contribution < 1.29 is 13.2 Å². The number of aryl methyl sites for hydroxylation is 1. The number of carbonyl (C=O) groups excluding carboxylic acids is 1. The lowest BCUT2D eigenvalue weighted by molar-refractivity contribution is -0.112. The molecule has 0 fully saturated rings. The third kappa shape index (κ3) is 4.86. The second kappa shape index (κ2) is 8.23. The first-order valence-electron chi connectivity index (χ1n) is 8.57. The van der Waals surface area contributed by atoms with Crippen molar-refractivity contribution in [3.05, 3.63) is 52.9 Å². The van der Waals surface area contributed by atoms with E-state index in [0.29, 0.717) is 5.69 Å². The number of sulfone groups is 1. The van der Waals surface area contributed by atoms with Crippen molar-refractivity contribution in [2.24, 2.45) is 0 Å². The number of hydrogen-bond acceptors (Lipinski definition) is 4. The summed E-state index contributed by atoms with van der Waals surface area (Å²) >= 11 is 0. The van der Waals surface area contributed by atoms with E-state index in [9.17, 15) is 18.5 Å². The van der Waals surface area contributed by atoms with Gasteiger partial charge in [0.2, 0.25) is 0 Å². The van der Waals surface area contributed by atoms with Gasteiger partial charge in [0.05, 0.1) is 4.90 Å². The largest absolute Gasteiger partial charge is 0.349 e. The molecule has 0 spiro atoms. The normalized spacial score (nSPS) is 11.9. The number of benzene rings is 1. The molecule has 1 heterocycles. The Morgan fingerprint density at radius 2 is 2.00 bits per heavy atom. The minimum Gasteiger partial charge on any atom is -0.349 e. The van der Waals surface area contributed by atoms with Crippen LogP contribution in [0.25, 0.3) is 6.08 Å². The highest BCUT2D eigenvalue weighted by molar-refractivity contribution is 7.90. The molecule has 6 nitrogen and oxygen atoms in total. The average molecular weight is 385 g/mol. The lowest BCUT2D eigenvalue weighted by atomic mass is 10.1. The van der Waals surface area contributed by atoms with Crippen LogP contribution in [-0.2, 0) is 21.2 Å². The Balaban J connectivity index is 2.31. The quantitative estimate of drug-likeness (QED) is 0.609. The Morgan fingerprint density at radius 3 is 2.59 bits per heavy atom. The predicted molar refractivity (Wildman–Crippen MR) is 106 cm³/mol. The van der Waals surface area contributed by atoms with Crippen LogP contribution in [-0.4, -0.2) is 25.1 Å². The molecular formula is C20H23N3O3S. The second-order valence-electron chi connectivity index (χ2n) is 6.40. The van der Waals surface area contributed by atoms with Crippen LogP contribution in [0.2, 0.25) is 0 Å². The van der Waals surface area contributed by atoms with Gasteiger partial charge in [-0.2, -0.15) is 5.26 Å². The van der Waals surface area contributed by atoms with E-state index in [-0.39, 0.29) is 10.5 Å². The van der Waals surface area contributed by atoms with Gasteiger partial charge < -0.3 is 9.88 Å². The first-order valence-corrected chi connectivity index (χ1v) is 10.5. The van der Waals surface area contributed by atoms with Crippen molar-refractivity contribution in [2.75, 3.05) is 11.6 Å². The van der Waals surface area contributed by atoms with Gasteiger partial charge in [0, 0.05) is 29.9 Å². The molecule has 27 heavy (non-hydrogen) atoms. The van der Waals surface area contributed by atoms with Gasteiger partial charge >= 0.3 is 0 Å². The fraction of sp³-hybridized carbons (Fsp3) is 0.300. The Bertz CT molecular complexity index is 1040. The molecule has 0 saturated carbocycles. The van der Waals surface area contributed by atoms with Crippen LogP contribution >= 0.6 is 0 Å². The molecule has 0 radical (unpaired) electrons. The molecule has 7 heteroatoms. The minimum atomic E-state index is -3.38. The first-order chi connectivity index (χ1) is 12.7. The van der Waals surface area contributed by atoms with Gasteiger partial charge in [-0.1, -0.05) is 13.0 Å². The Labute approximate surface area is 160 Å². The van der Waals surface area contributed by atoms with Crippen LogP contribution in [0.15, 0.2) is 40.8 Å². The minimum absolute atomic E-state index is 0.0449. The summed E-state index contributed by atoms with van der Waals surface area (Å²) in [6.45, 7) is 6.91. The number of carbonyl (C=O) groups is 1. The van der Waals surface area contributed by atoms with E-state index >= 15 is 0 Å². The third-order valence-corrected chi connectivity index (χ3v) is 5.36. The third-order valence-electron chi connectivity index (χ3n) is 4.24. The summed E-state index contributed by atoms with van der Waals surface area (Å²) in [7, 11) is -3.38. The number of rotatable bonds is 6. The van der Waals surface area contributed by atoms with E-state index in [2.05, 4.69) is 16.8 Å². The molecule has 0 unspecified atom stereocenters. The fourth-order valence-corrected chi connectivity index (χ4v) is 3.52. The predicted octanol–water partition coefficient (Wildman–Crippen LogP) is 3.46. The average Bonchev–Trinajstić information content (AvgIpc) is 2.86. The maximum absolute atomic E-state index is 12.5. The summed E-state index contributed by atoms with van der Waals surface area (Å²) in [4.78, 5) is 12.6. The van der Waals surface area contributed by atoms with Crippen LogP contribution in [0.4, 0.5) is 5.69 Å². The zero-order valence-corrected chi connectivity index (χ0v) is 16.7. The van der Waals surface area contributed by atoms with Crippen molar-refractivity contribution in [2.45, 2.75) is 38.6 Å². The van der Waals surface area contributed by atoms with Gasteiger partial charge in [0.1, 0.15) is 11.6 Å². The molecule has 1 aromatic heterocycles. The summed E-state index contributed by atoms with van der Waals surface area (Å²) in [5.41, 5.74) is 3.16. The molecule has 142 valence electrons. The van der Waals surface area contributed by atoms with Gasteiger partial charge in [0.25, 0.3) is 5.91 Å². The summed E-state index contributed by atoms with van der Waals surface area (Å²) in [5, 5.41) is 12.0. The lowest BCUT2D eigenvalue weighted by Crippen LogP contribution is -2.14. The van der Waals surface area contributed by atoms with Gasteiger partial charge in [0.15, 0.2) is 9.84 Å². The molecule has 2 aromatic rings. The monoisotopic (exact) mass is 385 g/mol. The molecule has 0 aliphatic carbocycles. The van der Waals surface area contributed by atoms with Gasteiger partial charge in [-0.25, -0.2) is 8.42 Å². The van der Waals surface area contributed by atoms with Crippen LogP contribution in [0, 0.1) is 25.2 Å². The van der Waals surface area contributed by atoms with E-state index < -0.39 is 15.7 Å². The highest BCUT2D eigenvalue weighted by atomic mass is 32.2. The number of nitriles is 1. The van der Waals surface area contributed by atoms with Crippen molar-refractivity contribution in [3.63, 3.8) is 0 Å². The number of nitrogens with zero attached hydrogens (tertiary/aromatic N) is 2. The highest BCUT2D eigenvalue weighted by Gasteiger charge is 2.14. The van der Waals surface area contributed by atoms with E-state index in [1.807, 2.05) is 26.0 Å². The molecule has 0 aliphatic rings. The Morgan fingerprint density at radius 1 is 1.30 bits per heavy atom. The maximum Gasteiger partial charge on any atom is 0.266 e. The zero-order valence-electron chi connectivity index (χ0n) is 15.9. The first kappa shape index (κ1) is 20.5. The zero-order chi connectivity index (χ0) is 20.2. The van der Waals surface area contributed by atoms with Crippen LogP contribution < -0.4 is 5.32 Å². The van der Waals surface area contributed by atoms with Crippen molar-refractivity contribution in [3.8, 4) is 6.07 Å².